The van der Waals surface area contributed by atoms with E-state index in [1.54, 1.807) is 13.2 Å². The van der Waals surface area contributed by atoms with Gasteiger partial charge in [-0.1, -0.05) is 34.1 Å². The second-order valence-electron chi connectivity index (χ2n) is 3.78. The number of methoxy groups -OCH3 is 1. The quantitative estimate of drug-likeness (QED) is 0.788. The largest absolute Gasteiger partial charge is 0.496 e. The summed E-state index contributed by atoms with van der Waals surface area (Å²) >= 11 is 3.25. The summed E-state index contributed by atoms with van der Waals surface area (Å²) in [7, 11) is 1.59. The number of hydrogen-bond donors (Lipinski definition) is 0. The van der Waals surface area contributed by atoms with Crippen LogP contribution in [-0.2, 0) is 0 Å². The van der Waals surface area contributed by atoms with Gasteiger partial charge in [-0.05, 0) is 30.7 Å². The molecule has 0 saturated carbocycles. The molecule has 3 heteroatoms. The monoisotopic (exact) mass is 294 g/mol. The van der Waals surface area contributed by atoms with E-state index in [9.17, 15) is 4.39 Å². The number of aryl methyl sites for hydroxylation is 1. The van der Waals surface area contributed by atoms with E-state index < -0.39 is 0 Å². The van der Waals surface area contributed by atoms with Gasteiger partial charge in [0.25, 0.3) is 0 Å². The summed E-state index contributed by atoms with van der Waals surface area (Å²) in [6, 6.07) is 10.7. The van der Waals surface area contributed by atoms with Crippen molar-refractivity contribution in [2.45, 2.75) is 6.92 Å². The van der Waals surface area contributed by atoms with Gasteiger partial charge in [-0.3, -0.25) is 0 Å². The smallest absolute Gasteiger partial charge is 0.132 e. The first-order valence-corrected chi connectivity index (χ1v) is 6.02. The van der Waals surface area contributed by atoms with Crippen LogP contribution in [0, 0.1) is 12.7 Å². The molecule has 0 aromatic heterocycles. The van der Waals surface area contributed by atoms with Crippen LogP contribution in [0.2, 0.25) is 0 Å². The van der Waals surface area contributed by atoms with Crippen LogP contribution in [0.1, 0.15) is 5.56 Å². The van der Waals surface area contributed by atoms with Crippen LogP contribution >= 0.6 is 15.9 Å². The molecule has 0 N–H and O–H groups in total. The molecule has 2 aromatic carbocycles. The third kappa shape index (κ3) is 2.34. The summed E-state index contributed by atoms with van der Waals surface area (Å²) in [5, 5.41) is 0. The zero-order chi connectivity index (χ0) is 12.4. The fourth-order valence-electron chi connectivity index (χ4n) is 1.85. The van der Waals surface area contributed by atoms with E-state index in [0.717, 1.165) is 15.6 Å². The van der Waals surface area contributed by atoms with Gasteiger partial charge >= 0.3 is 0 Å². The highest BCUT2D eigenvalue weighted by Gasteiger charge is 2.13. The molecule has 0 amide bonds. The number of hydrogen-bond acceptors (Lipinski definition) is 1. The minimum atomic E-state index is -0.257. The molecule has 0 atom stereocenters. The highest BCUT2D eigenvalue weighted by molar-refractivity contribution is 9.10. The molecule has 0 aliphatic heterocycles. The predicted molar refractivity (Wildman–Crippen MR) is 70.8 cm³/mol. The molecule has 0 radical (unpaired) electrons. The minimum absolute atomic E-state index is 0.257. The second kappa shape index (κ2) is 4.88. The fourth-order valence-corrected chi connectivity index (χ4v) is 2.18. The van der Waals surface area contributed by atoms with E-state index in [4.69, 9.17) is 4.74 Å². The molecular weight excluding hydrogens is 283 g/mol. The maximum atomic E-state index is 13.9. The zero-order valence-corrected chi connectivity index (χ0v) is 11.2. The van der Waals surface area contributed by atoms with Crippen molar-refractivity contribution in [3.05, 3.63) is 52.3 Å². The van der Waals surface area contributed by atoms with Gasteiger partial charge in [0.2, 0.25) is 0 Å². The lowest BCUT2D eigenvalue weighted by molar-refractivity contribution is 0.416. The van der Waals surface area contributed by atoms with Gasteiger partial charge in [-0.25, -0.2) is 4.39 Å². The van der Waals surface area contributed by atoms with E-state index in [1.165, 1.54) is 6.07 Å². The van der Waals surface area contributed by atoms with E-state index in [-0.39, 0.29) is 5.82 Å². The Bertz CT molecular complexity index is 552. The van der Waals surface area contributed by atoms with Crippen molar-refractivity contribution in [1.82, 2.24) is 0 Å². The van der Waals surface area contributed by atoms with Crippen molar-refractivity contribution in [2.75, 3.05) is 7.11 Å². The van der Waals surface area contributed by atoms with Crippen molar-refractivity contribution in [2.24, 2.45) is 0 Å². The number of ether oxygens (including phenoxy) is 1. The lowest BCUT2D eigenvalue weighted by Gasteiger charge is -2.12. The number of rotatable bonds is 2. The molecule has 0 fully saturated rings. The molecule has 0 bridgehead atoms. The number of halogens is 2. The first-order valence-electron chi connectivity index (χ1n) is 5.22. The summed E-state index contributed by atoms with van der Waals surface area (Å²) < 4.78 is 20.0. The van der Waals surface area contributed by atoms with Gasteiger partial charge in [-0.2, -0.15) is 0 Å². The summed E-state index contributed by atoms with van der Waals surface area (Å²) in [6.45, 7) is 1.94. The van der Waals surface area contributed by atoms with Crippen molar-refractivity contribution < 1.29 is 9.13 Å². The first kappa shape index (κ1) is 12.1. The van der Waals surface area contributed by atoms with Gasteiger partial charge in [0, 0.05) is 15.6 Å². The van der Waals surface area contributed by atoms with Gasteiger partial charge in [-0.15, -0.1) is 0 Å². The van der Waals surface area contributed by atoms with E-state index in [1.807, 2.05) is 31.2 Å². The maximum absolute atomic E-state index is 13.9. The molecule has 0 saturated heterocycles. The second-order valence-corrected chi connectivity index (χ2v) is 4.69. The van der Waals surface area contributed by atoms with Gasteiger partial charge in [0.15, 0.2) is 0 Å². The Labute approximate surface area is 108 Å². The molecule has 1 nitrogen and oxygen atoms in total. The average Bonchev–Trinajstić information content (AvgIpc) is 2.30. The molecule has 0 heterocycles. The lowest BCUT2D eigenvalue weighted by Crippen LogP contribution is -1.93. The molecule has 0 spiro atoms. The fraction of sp³-hybridized carbons (Fsp3) is 0.143. The average molecular weight is 295 g/mol. The Balaban J connectivity index is 2.67. The topological polar surface area (TPSA) is 9.23 Å². The highest BCUT2D eigenvalue weighted by Crippen LogP contribution is 2.35. The van der Waals surface area contributed by atoms with E-state index >= 15 is 0 Å². The Kier molecular flexibility index (Phi) is 3.48. The van der Waals surface area contributed by atoms with Crippen LogP contribution in [0.3, 0.4) is 0 Å². The van der Waals surface area contributed by atoms with Crippen molar-refractivity contribution in [1.29, 1.82) is 0 Å². The third-order valence-corrected chi connectivity index (χ3v) is 3.15. The summed E-state index contributed by atoms with van der Waals surface area (Å²) in [5.74, 6) is 0.429. The Hall–Kier alpha value is -1.35. The number of benzene rings is 2. The minimum Gasteiger partial charge on any atom is -0.496 e. The molecule has 0 unspecified atom stereocenters. The summed E-state index contributed by atoms with van der Waals surface area (Å²) in [5.41, 5.74) is 2.36. The van der Waals surface area contributed by atoms with Crippen molar-refractivity contribution in [3.63, 3.8) is 0 Å². The van der Waals surface area contributed by atoms with E-state index in [0.29, 0.717) is 11.3 Å². The van der Waals surface area contributed by atoms with Crippen LogP contribution in [0.5, 0.6) is 5.75 Å². The van der Waals surface area contributed by atoms with Gasteiger partial charge < -0.3 is 4.74 Å². The molecule has 88 valence electrons. The molecule has 2 rings (SSSR count). The van der Waals surface area contributed by atoms with E-state index in [2.05, 4.69) is 15.9 Å². The maximum Gasteiger partial charge on any atom is 0.132 e. The zero-order valence-electron chi connectivity index (χ0n) is 9.63. The van der Waals surface area contributed by atoms with Crippen LogP contribution < -0.4 is 4.74 Å². The van der Waals surface area contributed by atoms with Crippen molar-refractivity contribution in [3.8, 4) is 16.9 Å². The first-order chi connectivity index (χ1) is 8.13. The van der Waals surface area contributed by atoms with Crippen LogP contribution in [0.4, 0.5) is 4.39 Å². The normalized spacial score (nSPS) is 10.4. The van der Waals surface area contributed by atoms with Gasteiger partial charge in [0.1, 0.15) is 11.6 Å². The summed E-state index contributed by atoms with van der Waals surface area (Å²) in [6.07, 6.45) is 0. The molecule has 17 heavy (non-hydrogen) atoms. The van der Waals surface area contributed by atoms with Crippen LogP contribution in [0.25, 0.3) is 11.1 Å². The molecule has 0 aliphatic carbocycles. The van der Waals surface area contributed by atoms with Crippen LogP contribution in [-0.4, -0.2) is 7.11 Å². The van der Waals surface area contributed by atoms with Gasteiger partial charge in [0.05, 0.1) is 7.11 Å². The Morgan fingerprint density at radius 1 is 1.18 bits per heavy atom. The standard InChI is InChI=1S/C14H12BrFO/c1-9-4-3-5-13(17-2)14(9)11-7-6-10(15)8-12(11)16/h3-8H,1-2H3. The Morgan fingerprint density at radius 3 is 2.59 bits per heavy atom. The molecule has 2 aromatic rings. The molecule has 0 aliphatic rings. The van der Waals surface area contributed by atoms with Crippen LogP contribution in [0.15, 0.2) is 40.9 Å². The SMILES string of the molecule is COc1cccc(C)c1-c1ccc(Br)cc1F. The Morgan fingerprint density at radius 2 is 1.94 bits per heavy atom. The third-order valence-electron chi connectivity index (χ3n) is 2.65. The summed E-state index contributed by atoms with van der Waals surface area (Å²) in [4.78, 5) is 0. The lowest BCUT2D eigenvalue weighted by atomic mass is 9.99. The predicted octanol–water partition coefficient (Wildman–Crippen LogP) is 4.57. The molecular formula is C14H12BrFO. The highest BCUT2D eigenvalue weighted by atomic mass is 79.9. The van der Waals surface area contributed by atoms with Crippen molar-refractivity contribution >= 4 is 15.9 Å².